The summed E-state index contributed by atoms with van der Waals surface area (Å²) in [6.45, 7) is 8.17. The first-order valence-electron chi connectivity index (χ1n) is 8.49. The second kappa shape index (κ2) is 8.43. The predicted molar refractivity (Wildman–Crippen MR) is 104 cm³/mol. The molecule has 0 fully saturated rings. The van der Waals surface area contributed by atoms with Crippen LogP contribution in [0.15, 0.2) is 41.8 Å². The van der Waals surface area contributed by atoms with Crippen molar-refractivity contribution < 1.29 is 21.9 Å². The molecule has 25 heavy (non-hydrogen) atoms. The standard InChI is InChI=1S/C18H29O5PS/c1-6-18(19)22-14-15-24(7-2,8-3,9-4)23-25(20,21)17-12-10-16(5)11-13-17/h6,10-13H,1,7-9,14-15H2,2-5H3. The van der Waals surface area contributed by atoms with Crippen molar-refractivity contribution in [2.24, 2.45) is 0 Å². The van der Waals surface area contributed by atoms with Crippen molar-refractivity contribution in [2.75, 3.05) is 31.3 Å². The van der Waals surface area contributed by atoms with Gasteiger partial charge in [-0.1, -0.05) is 0 Å². The van der Waals surface area contributed by atoms with Gasteiger partial charge in [0.25, 0.3) is 0 Å². The van der Waals surface area contributed by atoms with E-state index in [0.29, 0.717) is 24.6 Å². The van der Waals surface area contributed by atoms with Crippen LogP contribution in [-0.4, -0.2) is 45.6 Å². The molecule has 0 amide bonds. The van der Waals surface area contributed by atoms with Crippen LogP contribution in [0.5, 0.6) is 0 Å². The molecule has 0 aromatic heterocycles. The Kier molecular flexibility index (Phi) is 7.36. The molecule has 1 rings (SSSR count). The van der Waals surface area contributed by atoms with Crippen molar-refractivity contribution in [1.29, 1.82) is 0 Å². The second-order valence-corrected chi connectivity index (χ2v) is 14.3. The van der Waals surface area contributed by atoms with E-state index in [1.165, 1.54) is 0 Å². The first-order valence-corrected chi connectivity index (χ1v) is 12.8. The molecule has 0 atom stereocenters. The third kappa shape index (κ3) is 5.13. The fourth-order valence-corrected chi connectivity index (χ4v) is 10.2. The molecule has 5 nitrogen and oxygen atoms in total. The molecule has 7 heteroatoms. The topological polar surface area (TPSA) is 69.7 Å². The zero-order valence-electron chi connectivity index (χ0n) is 15.5. The summed E-state index contributed by atoms with van der Waals surface area (Å²) in [7, 11) is -3.89. The molecule has 1 aromatic carbocycles. The number of hydrogen-bond donors (Lipinski definition) is 0. The molecule has 0 heterocycles. The van der Waals surface area contributed by atoms with Crippen LogP contribution in [-0.2, 0) is 23.6 Å². The van der Waals surface area contributed by atoms with Crippen LogP contribution in [0.2, 0.25) is 0 Å². The van der Waals surface area contributed by atoms with Crippen LogP contribution in [0.25, 0.3) is 0 Å². The van der Waals surface area contributed by atoms with E-state index < -0.39 is 22.9 Å². The molecule has 0 aliphatic heterocycles. The number of esters is 1. The molecule has 0 bridgehead atoms. The number of aryl methyl sites for hydroxylation is 1. The Morgan fingerprint density at radius 3 is 2.08 bits per heavy atom. The van der Waals surface area contributed by atoms with E-state index in [1.54, 1.807) is 24.3 Å². The number of rotatable bonds is 10. The Labute approximate surface area is 151 Å². The van der Waals surface area contributed by atoms with E-state index in [1.807, 2.05) is 27.7 Å². The Balaban J connectivity index is 3.17. The van der Waals surface area contributed by atoms with Gasteiger partial charge in [0.05, 0.1) is 0 Å². The average Bonchev–Trinajstić information content (AvgIpc) is 2.61. The van der Waals surface area contributed by atoms with Gasteiger partial charge in [-0.15, -0.1) is 0 Å². The van der Waals surface area contributed by atoms with Crippen molar-refractivity contribution in [3.05, 3.63) is 42.5 Å². The van der Waals surface area contributed by atoms with Gasteiger partial charge in [-0.25, -0.2) is 0 Å². The number of carbonyl (C=O) groups excluding carboxylic acids is 1. The molecule has 1 aromatic rings. The van der Waals surface area contributed by atoms with Gasteiger partial charge >= 0.3 is 151 Å². The van der Waals surface area contributed by atoms with Crippen LogP contribution in [0.1, 0.15) is 26.3 Å². The first kappa shape index (κ1) is 21.8. The van der Waals surface area contributed by atoms with E-state index in [9.17, 15) is 13.2 Å². The third-order valence-electron chi connectivity index (χ3n) is 5.09. The SMILES string of the molecule is C=CC(=O)OCCP(CC)(CC)(CC)OS(=O)(=O)c1ccc(C)cc1. The summed E-state index contributed by atoms with van der Waals surface area (Å²) in [6, 6.07) is 6.63. The molecule has 0 aliphatic carbocycles. The van der Waals surface area contributed by atoms with Crippen LogP contribution < -0.4 is 0 Å². The number of ether oxygens (including phenoxy) is 1. The van der Waals surface area contributed by atoms with Crippen molar-refractivity contribution in [3.63, 3.8) is 0 Å². The summed E-state index contributed by atoms with van der Waals surface area (Å²) in [5.41, 5.74) is 0.981. The quantitative estimate of drug-likeness (QED) is 0.345. The molecule has 142 valence electrons. The summed E-state index contributed by atoms with van der Waals surface area (Å²) < 4.78 is 36.9. The molecule has 0 radical (unpaired) electrons. The van der Waals surface area contributed by atoms with E-state index in [0.717, 1.165) is 11.6 Å². The summed E-state index contributed by atoms with van der Waals surface area (Å²) in [4.78, 5) is 11.5. The van der Waals surface area contributed by atoms with Crippen LogP contribution >= 0.6 is 6.83 Å². The zero-order valence-corrected chi connectivity index (χ0v) is 17.2. The predicted octanol–water partition coefficient (Wildman–Crippen LogP) is 3.96. The minimum atomic E-state index is -3.89. The second-order valence-electron chi connectivity index (χ2n) is 6.24. The minimum absolute atomic E-state index is 0.127. The number of hydrogen-bond acceptors (Lipinski definition) is 5. The van der Waals surface area contributed by atoms with Crippen molar-refractivity contribution in [3.8, 4) is 0 Å². The van der Waals surface area contributed by atoms with Gasteiger partial charge in [-0.2, -0.15) is 0 Å². The maximum absolute atomic E-state index is 12.9. The summed E-state index contributed by atoms with van der Waals surface area (Å²) >= 11 is 0. The molecule has 0 unspecified atom stereocenters. The van der Waals surface area contributed by atoms with Crippen LogP contribution in [0.4, 0.5) is 0 Å². The van der Waals surface area contributed by atoms with Gasteiger partial charge < -0.3 is 0 Å². The van der Waals surface area contributed by atoms with E-state index in [-0.39, 0.29) is 11.5 Å². The Morgan fingerprint density at radius 2 is 1.64 bits per heavy atom. The zero-order chi connectivity index (χ0) is 19.2. The van der Waals surface area contributed by atoms with Gasteiger partial charge in [0.15, 0.2) is 0 Å². The summed E-state index contributed by atoms with van der Waals surface area (Å²) in [5, 5.41) is 0. The molecular formula is C18H29O5PS. The van der Waals surface area contributed by atoms with Crippen molar-refractivity contribution in [2.45, 2.75) is 32.6 Å². The van der Waals surface area contributed by atoms with E-state index in [4.69, 9.17) is 8.71 Å². The molecule has 0 aliphatic rings. The van der Waals surface area contributed by atoms with Gasteiger partial charge in [0.1, 0.15) is 0 Å². The van der Waals surface area contributed by atoms with Crippen molar-refractivity contribution in [1.82, 2.24) is 0 Å². The monoisotopic (exact) mass is 388 g/mol. The molecule has 0 saturated carbocycles. The summed E-state index contributed by atoms with van der Waals surface area (Å²) in [6.07, 6.45) is 3.34. The maximum atomic E-state index is 12.9. The fourth-order valence-electron chi connectivity index (χ4n) is 2.80. The molecule has 0 spiro atoms. The molecular weight excluding hydrogens is 359 g/mol. The van der Waals surface area contributed by atoms with Gasteiger partial charge in [-0.05, 0) is 0 Å². The first-order chi connectivity index (χ1) is 11.7. The molecule has 0 N–H and O–H groups in total. The van der Waals surface area contributed by atoms with Gasteiger partial charge in [0.2, 0.25) is 0 Å². The van der Waals surface area contributed by atoms with Crippen LogP contribution in [0, 0.1) is 6.92 Å². The van der Waals surface area contributed by atoms with Crippen LogP contribution in [0.3, 0.4) is 0 Å². The third-order valence-corrected chi connectivity index (χ3v) is 14.5. The normalized spacial score (nSPS) is 13.7. The fraction of sp³-hybridized carbons (Fsp3) is 0.500. The molecule has 0 saturated heterocycles. The van der Waals surface area contributed by atoms with Crippen molar-refractivity contribution >= 4 is 22.9 Å². The number of carbonyl (C=O) groups is 1. The van der Waals surface area contributed by atoms with E-state index >= 15 is 0 Å². The Morgan fingerprint density at radius 1 is 1.12 bits per heavy atom. The van der Waals surface area contributed by atoms with Gasteiger partial charge in [-0.3, -0.25) is 0 Å². The Hall–Kier alpha value is -1.23. The average molecular weight is 388 g/mol. The Bertz CT molecular complexity index is 694. The number of benzene rings is 1. The van der Waals surface area contributed by atoms with E-state index in [2.05, 4.69) is 6.58 Å². The summed E-state index contributed by atoms with van der Waals surface area (Å²) in [5.74, 6) is -0.513. The van der Waals surface area contributed by atoms with Gasteiger partial charge in [0, 0.05) is 0 Å².